The zero-order chi connectivity index (χ0) is 25.3. The molecule has 3 heterocycles. The molecule has 36 heavy (non-hydrogen) atoms. The topological polar surface area (TPSA) is 74.2 Å². The van der Waals surface area contributed by atoms with Crippen LogP contribution in [0.5, 0.6) is 0 Å². The number of fused-ring (bicyclic) bond motifs is 1. The van der Waals surface area contributed by atoms with E-state index in [2.05, 4.69) is 25.2 Å². The summed E-state index contributed by atoms with van der Waals surface area (Å²) in [6, 6.07) is 12.2. The summed E-state index contributed by atoms with van der Waals surface area (Å²) >= 11 is 5.80. The molecule has 4 aromatic rings. The lowest BCUT2D eigenvalue weighted by Gasteiger charge is -2.35. The highest BCUT2D eigenvalue weighted by Gasteiger charge is 2.30. The Hall–Kier alpha value is -3.92. The lowest BCUT2D eigenvalue weighted by molar-refractivity contribution is -0.137. The number of hydrogen-bond acceptors (Lipinski definition) is 6. The molecule has 184 valence electrons. The van der Waals surface area contributed by atoms with Crippen LogP contribution in [0.1, 0.15) is 15.9 Å². The van der Waals surface area contributed by atoms with Crippen molar-refractivity contribution in [2.24, 2.45) is 0 Å². The molecule has 1 fully saturated rings. The first kappa shape index (κ1) is 23.8. The minimum atomic E-state index is -4.43. The molecule has 2 aromatic carbocycles. The average Bonchev–Trinajstić information content (AvgIpc) is 2.89. The van der Waals surface area contributed by atoms with Crippen LogP contribution in [0.3, 0.4) is 0 Å². The second kappa shape index (κ2) is 9.62. The molecule has 11 heteroatoms. The number of carbonyl (C=O) groups excluding carboxylic acids is 1. The van der Waals surface area contributed by atoms with Crippen LogP contribution in [0.2, 0.25) is 5.15 Å². The SMILES string of the molecule is O=C(c1ccc(Nc2ccnc3cc(C(F)(F)F)ccc23)cc1)N1CCN(c2cnc(Cl)cn2)CC1. The van der Waals surface area contributed by atoms with Crippen LogP contribution in [-0.4, -0.2) is 51.9 Å². The fourth-order valence-corrected chi connectivity index (χ4v) is 4.17. The van der Waals surface area contributed by atoms with Crippen molar-refractivity contribution >= 4 is 45.6 Å². The van der Waals surface area contributed by atoms with E-state index >= 15 is 0 Å². The fourth-order valence-electron chi connectivity index (χ4n) is 4.08. The van der Waals surface area contributed by atoms with E-state index in [-0.39, 0.29) is 11.4 Å². The molecule has 1 aliphatic heterocycles. The van der Waals surface area contributed by atoms with Crippen molar-refractivity contribution in [2.45, 2.75) is 6.18 Å². The summed E-state index contributed by atoms with van der Waals surface area (Å²) in [5.74, 6) is 0.651. The van der Waals surface area contributed by atoms with Gasteiger partial charge in [-0.2, -0.15) is 13.2 Å². The summed E-state index contributed by atoms with van der Waals surface area (Å²) in [5, 5.41) is 4.10. The van der Waals surface area contributed by atoms with Gasteiger partial charge in [0.15, 0.2) is 0 Å². The fraction of sp³-hybridized carbons (Fsp3) is 0.200. The van der Waals surface area contributed by atoms with Gasteiger partial charge in [0.1, 0.15) is 11.0 Å². The number of benzene rings is 2. The van der Waals surface area contributed by atoms with Crippen molar-refractivity contribution in [1.82, 2.24) is 19.9 Å². The standard InChI is InChI=1S/C25H20ClF3N6O/c26-22-14-32-23(15-31-22)34-9-11-35(12-10-34)24(36)16-1-4-18(5-2-16)33-20-7-8-30-21-13-17(25(27,28)29)3-6-19(20)21/h1-8,13-15H,9-12H2,(H,30,33). The molecule has 7 nitrogen and oxygen atoms in total. The van der Waals surface area contributed by atoms with Gasteiger partial charge in [-0.05, 0) is 42.5 Å². The number of hydrogen-bond donors (Lipinski definition) is 1. The normalized spacial score (nSPS) is 14.2. The Morgan fingerprint density at radius 3 is 2.33 bits per heavy atom. The number of pyridine rings is 1. The molecule has 0 atom stereocenters. The number of amides is 1. The largest absolute Gasteiger partial charge is 0.416 e. The van der Waals surface area contributed by atoms with Gasteiger partial charge in [-0.3, -0.25) is 9.78 Å². The van der Waals surface area contributed by atoms with Gasteiger partial charge in [0.2, 0.25) is 0 Å². The molecule has 1 amide bonds. The summed E-state index contributed by atoms with van der Waals surface area (Å²) < 4.78 is 39.1. The van der Waals surface area contributed by atoms with E-state index in [1.807, 2.05) is 0 Å². The predicted octanol–water partition coefficient (Wildman–Crippen LogP) is 5.40. The first-order chi connectivity index (χ1) is 17.3. The summed E-state index contributed by atoms with van der Waals surface area (Å²) in [5.41, 5.74) is 1.36. The maximum atomic E-state index is 13.0. The van der Waals surface area contributed by atoms with Crippen molar-refractivity contribution in [3.05, 3.63) is 83.4 Å². The third kappa shape index (κ3) is 5.03. The number of halogens is 4. The number of piperazine rings is 1. The molecule has 0 aliphatic carbocycles. The smallest absolute Gasteiger partial charge is 0.355 e. The first-order valence-electron chi connectivity index (χ1n) is 11.1. The number of alkyl halides is 3. The Balaban J connectivity index is 1.24. The molecule has 5 rings (SSSR count). The van der Waals surface area contributed by atoms with Gasteiger partial charge in [-0.1, -0.05) is 17.7 Å². The van der Waals surface area contributed by atoms with Gasteiger partial charge in [0.25, 0.3) is 5.91 Å². The summed E-state index contributed by atoms with van der Waals surface area (Å²) in [7, 11) is 0. The molecule has 0 unspecified atom stereocenters. The van der Waals surface area contributed by atoms with Gasteiger partial charge in [0.05, 0.1) is 23.5 Å². The minimum Gasteiger partial charge on any atom is -0.355 e. The first-order valence-corrected chi connectivity index (χ1v) is 11.5. The highest BCUT2D eigenvalue weighted by Crippen LogP contribution is 2.33. The minimum absolute atomic E-state index is 0.0718. The Kier molecular flexibility index (Phi) is 6.36. The molecule has 0 saturated carbocycles. The lowest BCUT2D eigenvalue weighted by atomic mass is 10.1. The predicted molar refractivity (Wildman–Crippen MR) is 132 cm³/mol. The molecule has 0 radical (unpaired) electrons. The second-order valence-electron chi connectivity index (χ2n) is 8.27. The quantitative estimate of drug-likeness (QED) is 0.394. The summed E-state index contributed by atoms with van der Waals surface area (Å²) in [6.07, 6.45) is 0.140. The van der Waals surface area contributed by atoms with Gasteiger partial charge in [0, 0.05) is 54.7 Å². The van der Waals surface area contributed by atoms with E-state index in [0.29, 0.717) is 53.7 Å². The molecule has 1 N–H and O–H groups in total. The third-order valence-electron chi connectivity index (χ3n) is 5.98. The monoisotopic (exact) mass is 512 g/mol. The van der Waals surface area contributed by atoms with Gasteiger partial charge in [-0.15, -0.1) is 0 Å². The number of nitrogens with one attached hydrogen (secondary N) is 1. The Labute approximate surface area is 209 Å². The Morgan fingerprint density at radius 1 is 0.917 bits per heavy atom. The zero-order valence-corrected chi connectivity index (χ0v) is 19.6. The number of anilines is 3. The maximum Gasteiger partial charge on any atom is 0.416 e. The van der Waals surface area contributed by atoms with Crippen molar-refractivity contribution in [1.29, 1.82) is 0 Å². The van der Waals surface area contributed by atoms with E-state index in [4.69, 9.17) is 11.6 Å². The number of carbonyl (C=O) groups is 1. The van der Waals surface area contributed by atoms with Gasteiger partial charge in [-0.25, -0.2) is 9.97 Å². The van der Waals surface area contributed by atoms with Crippen molar-refractivity contribution in [3.63, 3.8) is 0 Å². The highest BCUT2D eigenvalue weighted by molar-refractivity contribution is 6.29. The van der Waals surface area contributed by atoms with Crippen LogP contribution in [0.25, 0.3) is 10.9 Å². The van der Waals surface area contributed by atoms with E-state index in [1.54, 1.807) is 41.4 Å². The van der Waals surface area contributed by atoms with Gasteiger partial charge >= 0.3 is 6.18 Å². The Bertz CT molecular complexity index is 1390. The molecule has 0 bridgehead atoms. The third-order valence-corrected chi connectivity index (χ3v) is 6.17. The summed E-state index contributed by atoms with van der Waals surface area (Å²) in [6.45, 7) is 2.36. The molecule has 2 aromatic heterocycles. The molecule has 1 saturated heterocycles. The van der Waals surface area contributed by atoms with Crippen molar-refractivity contribution in [3.8, 4) is 0 Å². The Morgan fingerprint density at radius 2 is 1.67 bits per heavy atom. The highest BCUT2D eigenvalue weighted by atomic mass is 35.5. The van der Waals surface area contributed by atoms with Gasteiger partial charge < -0.3 is 15.1 Å². The molecular formula is C25H20ClF3N6O. The van der Waals surface area contributed by atoms with Crippen LogP contribution in [0, 0.1) is 0 Å². The van der Waals surface area contributed by atoms with Crippen LogP contribution < -0.4 is 10.2 Å². The van der Waals surface area contributed by atoms with Crippen LogP contribution in [0.4, 0.5) is 30.4 Å². The number of aromatic nitrogens is 3. The van der Waals surface area contributed by atoms with E-state index in [1.165, 1.54) is 18.5 Å². The maximum absolute atomic E-state index is 13.0. The lowest BCUT2D eigenvalue weighted by Crippen LogP contribution is -2.49. The van der Waals surface area contributed by atoms with Crippen molar-refractivity contribution in [2.75, 3.05) is 36.4 Å². The molecule has 1 aliphatic rings. The van der Waals surface area contributed by atoms with Crippen LogP contribution in [0.15, 0.2) is 67.1 Å². The van der Waals surface area contributed by atoms with E-state index in [0.717, 1.165) is 18.0 Å². The average molecular weight is 513 g/mol. The van der Waals surface area contributed by atoms with Crippen LogP contribution in [-0.2, 0) is 6.18 Å². The molecule has 0 spiro atoms. The zero-order valence-electron chi connectivity index (χ0n) is 18.8. The summed E-state index contributed by atoms with van der Waals surface area (Å²) in [4.78, 5) is 29.2. The van der Waals surface area contributed by atoms with Crippen LogP contribution >= 0.6 is 11.6 Å². The van der Waals surface area contributed by atoms with E-state index < -0.39 is 11.7 Å². The van der Waals surface area contributed by atoms with Crippen molar-refractivity contribution < 1.29 is 18.0 Å². The molecular weight excluding hydrogens is 493 g/mol. The number of nitrogens with zero attached hydrogens (tertiary/aromatic N) is 5. The second-order valence-corrected chi connectivity index (χ2v) is 8.65. The number of rotatable bonds is 4. The van der Waals surface area contributed by atoms with E-state index in [9.17, 15) is 18.0 Å².